The number of hydrogen-bond donors (Lipinski definition) is 2. The molecule has 0 spiro atoms. The van der Waals surface area contributed by atoms with Crippen LogP contribution in [0.1, 0.15) is 10.4 Å². The van der Waals surface area contributed by atoms with E-state index in [0.717, 1.165) is 5.69 Å². The molecule has 3 rings (SSSR count). The number of nitrogen functional groups attached to an aromatic ring is 1. The molecule has 0 aliphatic carbocycles. The Morgan fingerprint density at radius 3 is 2.57 bits per heavy atom. The van der Waals surface area contributed by atoms with Crippen molar-refractivity contribution in [3.8, 4) is 0 Å². The van der Waals surface area contributed by atoms with E-state index in [4.69, 9.17) is 18.0 Å². The Balaban J connectivity index is 1.84. The van der Waals surface area contributed by atoms with Crippen molar-refractivity contribution in [2.75, 3.05) is 11.2 Å². The minimum Gasteiger partial charge on any atom is -0.366 e. The summed E-state index contributed by atoms with van der Waals surface area (Å²) in [5, 5.41) is 4.13. The first kappa shape index (κ1) is 14.9. The lowest BCUT2D eigenvalue weighted by atomic mass is 10.1. The average Bonchev–Trinajstić information content (AvgIpc) is 2.84. The van der Waals surface area contributed by atoms with Gasteiger partial charge in [0.25, 0.3) is 0 Å². The Labute approximate surface area is 137 Å². The second-order valence-corrected chi connectivity index (χ2v) is 5.14. The summed E-state index contributed by atoms with van der Waals surface area (Å²) >= 11 is 5.33. The van der Waals surface area contributed by atoms with Crippen LogP contribution in [-0.4, -0.2) is 25.2 Å². The number of hydrogen-bond acceptors (Lipinski definition) is 6. The predicted molar refractivity (Wildman–Crippen MR) is 89.5 cm³/mol. The van der Waals surface area contributed by atoms with Crippen molar-refractivity contribution in [1.82, 2.24) is 19.4 Å². The highest BCUT2D eigenvalue weighted by Gasteiger charge is 2.12. The van der Waals surface area contributed by atoms with Crippen LogP contribution in [-0.2, 0) is 6.54 Å². The van der Waals surface area contributed by atoms with Gasteiger partial charge in [-0.15, -0.1) is 5.10 Å². The van der Waals surface area contributed by atoms with Crippen LogP contribution in [0, 0.1) is 4.77 Å². The van der Waals surface area contributed by atoms with Crippen LogP contribution in [0.25, 0.3) is 0 Å². The number of carbonyl (C=O) groups excluding carboxylic acids is 1. The lowest BCUT2D eigenvalue weighted by molar-refractivity contribution is 0.0967. The molecule has 116 valence electrons. The van der Waals surface area contributed by atoms with Crippen LogP contribution < -0.4 is 11.2 Å². The smallest absolute Gasteiger partial charge is 0.240 e. The first-order chi connectivity index (χ1) is 11.1. The van der Waals surface area contributed by atoms with Crippen LogP contribution in [0.2, 0.25) is 0 Å². The second kappa shape index (κ2) is 6.41. The van der Waals surface area contributed by atoms with Gasteiger partial charge in [0.15, 0.2) is 5.78 Å². The fourth-order valence-corrected chi connectivity index (χ4v) is 2.28. The van der Waals surface area contributed by atoms with Gasteiger partial charge < -0.3 is 5.73 Å². The molecule has 3 N–H and O–H groups in total. The summed E-state index contributed by atoms with van der Waals surface area (Å²) in [7, 11) is 0. The highest BCUT2D eigenvalue weighted by atomic mass is 32.1. The number of Topliss-reactive ketones (excluding diaryl/α,β-unsaturated/α-hetero) is 1. The Morgan fingerprint density at radius 1 is 1.17 bits per heavy atom. The Morgan fingerprint density at radius 2 is 1.87 bits per heavy atom. The van der Waals surface area contributed by atoms with Gasteiger partial charge in [0.05, 0.1) is 5.69 Å². The molecule has 1 aromatic carbocycles. The molecule has 0 saturated heterocycles. The molecule has 0 bridgehead atoms. The van der Waals surface area contributed by atoms with Crippen molar-refractivity contribution in [3.05, 3.63) is 65.2 Å². The molecule has 0 fully saturated rings. The van der Waals surface area contributed by atoms with Crippen LogP contribution in [0.4, 0.5) is 11.6 Å². The van der Waals surface area contributed by atoms with E-state index in [9.17, 15) is 4.79 Å². The first-order valence-electron chi connectivity index (χ1n) is 6.86. The third kappa shape index (κ3) is 3.27. The van der Waals surface area contributed by atoms with Gasteiger partial charge in [0.1, 0.15) is 6.54 Å². The van der Waals surface area contributed by atoms with Gasteiger partial charge in [-0.05, 0) is 24.4 Å². The number of ketones is 1. The Kier molecular flexibility index (Phi) is 4.15. The maximum Gasteiger partial charge on any atom is 0.240 e. The maximum atomic E-state index is 12.3. The van der Waals surface area contributed by atoms with Gasteiger partial charge in [-0.25, -0.2) is 4.68 Å². The van der Waals surface area contributed by atoms with Crippen molar-refractivity contribution in [3.63, 3.8) is 0 Å². The minimum atomic E-state index is -0.0877. The van der Waals surface area contributed by atoms with E-state index in [1.54, 1.807) is 36.7 Å². The zero-order valence-corrected chi connectivity index (χ0v) is 12.9. The molecule has 0 aliphatic rings. The predicted octanol–water partition coefficient (Wildman–Crippen LogP) is 2.15. The molecule has 0 atom stereocenters. The number of nitrogens with one attached hydrogen (secondary N) is 1. The number of anilines is 2. The highest BCUT2D eigenvalue weighted by Crippen LogP contribution is 2.10. The number of rotatable bonds is 5. The van der Waals surface area contributed by atoms with Gasteiger partial charge >= 0.3 is 0 Å². The first-order valence-corrected chi connectivity index (χ1v) is 7.26. The minimum absolute atomic E-state index is 0.0259. The number of carbonyl (C=O) groups is 1. The van der Waals surface area contributed by atoms with E-state index in [0.29, 0.717) is 10.3 Å². The van der Waals surface area contributed by atoms with Gasteiger partial charge in [0.2, 0.25) is 10.7 Å². The normalized spacial score (nSPS) is 10.4. The summed E-state index contributed by atoms with van der Waals surface area (Å²) in [6.45, 7) is 0.0259. The molecule has 23 heavy (non-hydrogen) atoms. The van der Waals surface area contributed by atoms with Gasteiger partial charge in [-0.2, -0.15) is 4.68 Å². The van der Waals surface area contributed by atoms with E-state index >= 15 is 0 Å². The molecule has 0 amide bonds. The van der Waals surface area contributed by atoms with E-state index in [2.05, 4.69) is 15.5 Å². The highest BCUT2D eigenvalue weighted by molar-refractivity contribution is 7.71. The van der Waals surface area contributed by atoms with E-state index in [-0.39, 0.29) is 18.3 Å². The largest absolute Gasteiger partial charge is 0.366 e. The van der Waals surface area contributed by atoms with Crippen molar-refractivity contribution in [2.24, 2.45) is 0 Å². The van der Waals surface area contributed by atoms with Crippen molar-refractivity contribution in [1.29, 1.82) is 0 Å². The summed E-state index contributed by atoms with van der Waals surface area (Å²) in [4.78, 5) is 16.2. The molecule has 2 aromatic heterocycles. The van der Waals surface area contributed by atoms with Crippen molar-refractivity contribution < 1.29 is 4.79 Å². The van der Waals surface area contributed by atoms with Crippen molar-refractivity contribution in [2.45, 2.75) is 6.54 Å². The summed E-state index contributed by atoms with van der Waals surface area (Å²) in [6, 6.07) is 12.5. The van der Waals surface area contributed by atoms with Crippen LogP contribution in [0.5, 0.6) is 0 Å². The topological polar surface area (TPSA) is 90.8 Å². The van der Waals surface area contributed by atoms with Gasteiger partial charge in [0, 0.05) is 18.0 Å². The van der Waals surface area contributed by atoms with Crippen molar-refractivity contribution >= 4 is 29.6 Å². The number of pyridine rings is 1. The van der Waals surface area contributed by atoms with E-state index < -0.39 is 0 Å². The zero-order valence-electron chi connectivity index (χ0n) is 12.1. The van der Waals surface area contributed by atoms with E-state index in [1.165, 1.54) is 9.36 Å². The lowest BCUT2D eigenvalue weighted by Gasteiger charge is -2.07. The van der Waals surface area contributed by atoms with Crippen LogP contribution >= 0.6 is 12.2 Å². The fraction of sp³-hybridized carbons (Fsp3) is 0.0667. The molecular formula is C15H14N6OS. The van der Waals surface area contributed by atoms with Crippen LogP contribution in [0.15, 0.2) is 54.9 Å². The molecule has 8 heteroatoms. The van der Waals surface area contributed by atoms with Gasteiger partial charge in [-0.1, -0.05) is 30.3 Å². The molecule has 2 heterocycles. The molecule has 0 unspecified atom stereocenters. The molecule has 7 nitrogen and oxygen atoms in total. The Hall–Kier alpha value is -3.00. The molecule has 3 aromatic rings. The number of nitrogens with zero attached hydrogens (tertiary/aromatic N) is 4. The van der Waals surface area contributed by atoms with E-state index in [1.807, 2.05) is 18.2 Å². The average molecular weight is 326 g/mol. The maximum absolute atomic E-state index is 12.3. The SMILES string of the molecule is Nc1nn(CC(=O)c2ccccc2)c(=S)n1Nc1ccncc1. The number of nitrogens with two attached hydrogens (primary N) is 1. The molecule has 0 aliphatic heterocycles. The van der Waals surface area contributed by atoms with Crippen LogP contribution in [0.3, 0.4) is 0 Å². The molecule has 0 radical (unpaired) electrons. The monoisotopic (exact) mass is 326 g/mol. The standard InChI is InChI=1S/C15H14N6OS/c16-14-19-20(10-13(22)11-4-2-1-3-5-11)15(23)21(14)18-12-6-8-17-9-7-12/h1-9H,10H2,(H2,16,19)(H,17,18). The Bertz CT molecular complexity index is 872. The second-order valence-electron chi connectivity index (χ2n) is 4.77. The number of benzene rings is 1. The lowest BCUT2D eigenvalue weighted by Crippen LogP contribution is -2.14. The summed E-state index contributed by atoms with van der Waals surface area (Å²) < 4.78 is 3.15. The zero-order chi connectivity index (χ0) is 16.2. The summed E-state index contributed by atoms with van der Waals surface area (Å²) in [6.07, 6.45) is 3.29. The fourth-order valence-electron chi connectivity index (χ4n) is 2.04. The summed E-state index contributed by atoms with van der Waals surface area (Å²) in [5.41, 5.74) is 10.3. The van der Waals surface area contributed by atoms with Gasteiger partial charge in [-0.3, -0.25) is 15.2 Å². The summed E-state index contributed by atoms with van der Waals surface area (Å²) in [5.74, 6) is 0.0861. The third-order valence-electron chi connectivity index (χ3n) is 3.17. The number of aromatic nitrogens is 4. The third-order valence-corrected chi connectivity index (χ3v) is 3.57. The quantitative estimate of drug-likeness (QED) is 0.551. The molecule has 0 saturated carbocycles. The molecular weight excluding hydrogens is 312 g/mol.